The molecule has 0 aromatic heterocycles. The highest BCUT2D eigenvalue weighted by molar-refractivity contribution is 5.76. The quantitative estimate of drug-likeness (QED) is 0.808. The standard InChI is InChI=1S/C16H21N/c1-4-12-10-14(17)11-16(2,3)15(12)13-8-6-5-7-9-13/h5-10H,4,11,17H2,1-3H3. The summed E-state index contributed by atoms with van der Waals surface area (Å²) in [6.07, 6.45) is 4.14. The number of hydrogen-bond acceptors (Lipinski definition) is 1. The molecular formula is C16H21N. The van der Waals surface area contributed by atoms with Gasteiger partial charge in [-0.15, -0.1) is 0 Å². The van der Waals surface area contributed by atoms with E-state index in [1.807, 2.05) is 0 Å². The third-order valence-corrected chi connectivity index (χ3v) is 3.45. The summed E-state index contributed by atoms with van der Waals surface area (Å²) in [5.41, 5.74) is 11.3. The van der Waals surface area contributed by atoms with E-state index in [4.69, 9.17) is 5.73 Å². The van der Waals surface area contributed by atoms with Gasteiger partial charge in [0.2, 0.25) is 0 Å². The molecule has 0 unspecified atom stereocenters. The molecule has 0 radical (unpaired) electrons. The first-order chi connectivity index (χ1) is 8.04. The average Bonchev–Trinajstić information content (AvgIpc) is 2.27. The first-order valence-electron chi connectivity index (χ1n) is 6.29. The van der Waals surface area contributed by atoms with Crippen molar-refractivity contribution >= 4 is 5.57 Å². The molecule has 0 saturated heterocycles. The van der Waals surface area contributed by atoms with E-state index in [-0.39, 0.29) is 5.41 Å². The Morgan fingerprint density at radius 3 is 2.41 bits per heavy atom. The first-order valence-corrected chi connectivity index (χ1v) is 6.29. The maximum absolute atomic E-state index is 6.04. The Morgan fingerprint density at radius 1 is 1.18 bits per heavy atom. The van der Waals surface area contributed by atoms with Gasteiger partial charge < -0.3 is 5.73 Å². The number of hydrogen-bond donors (Lipinski definition) is 1. The highest BCUT2D eigenvalue weighted by Gasteiger charge is 2.30. The predicted octanol–water partition coefficient (Wildman–Crippen LogP) is 4.12. The van der Waals surface area contributed by atoms with Gasteiger partial charge in [-0.05, 0) is 41.0 Å². The molecule has 0 atom stereocenters. The summed E-state index contributed by atoms with van der Waals surface area (Å²) < 4.78 is 0. The zero-order valence-electron chi connectivity index (χ0n) is 11.0. The van der Waals surface area contributed by atoms with E-state index >= 15 is 0 Å². The molecule has 0 amide bonds. The van der Waals surface area contributed by atoms with E-state index in [0.29, 0.717) is 0 Å². The van der Waals surface area contributed by atoms with Crippen LogP contribution in [0.4, 0.5) is 0 Å². The molecule has 1 heteroatoms. The summed E-state index contributed by atoms with van der Waals surface area (Å²) >= 11 is 0. The highest BCUT2D eigenvalue weighted by Crippen LogP contribution is 2.45. The van der Waals surface area contributed by atoms with Gasteiger partial charge in [0, 0.05) is 5.70 Å². The van der Waals surface area contributed by atoms with Gasteiger partial charge in [0.15, 0.2) is 0 Å². The van der Waals surface area contributed by atoms with Gasteiger partial charge in [0.25, 0.3) is 0 Å². The second kappa shape index (κ2) is 4.40. The fourth-order valence-electron chi connectivity index (χ4n) is 2.84. The summed E-state index contributed by atoms with van der Waals surface area (Å²) in [5.74, 6) is 0. The molecular weight excluding hydrogens is 206 g/mol. The van der Waals surface area contributed by atoms with Crippen molar-refractivity contribution in [3.05, 3.63) is 53.2 Å². The smallest absolute Gasteiger partial charge is 0.00920 e. The second-order valence-corrected chi connectivity index (χ2v) is 5.40. The maximum Gasteiger partial charge on any atom is 0.00920 e. The summed E-state index contributed by atoms with van der Waals surface area (Å²) in [7, 11) is 0. The molecule has 1 aromatic carbocycles. The molecule has 2 rings (SSSR count). The minimum absolute atomic E-state index is 0.130. The van der Waals surface area contributed by atoms with Crippen molar-refractivity contribution in [1.29, 1.82) is 0 Å². The van der Waals surface area contributed by atoms with Gasteiger partial charge in [-0.2, -0.15) is 0 Å². The fourth-order valence-corrected chi connectivity index (χ4v) is 2.84. The molecule has 0 bridgehead atoms. The molecule has 0 aliphatic heterocycles. The number of allylic oxidation sites excluding steroid dienone is 4. The van der Waals surface area contributed by atoms with Crippen LogP contribution in [0.3, 0.4) is 0 Å². The zero-order valence-corrected chi connectivity index (χ0v) is 11.0. The molecule has 1 aromatic rings. The van der Waals surface area contributed by atoms with E-state index in [9.17, 15) is 0 Å². The first kappa shape index (κ1) is 12.0. The third kappa shape index (κ3) is 2.28. The fraction of sp³-hybridized carbons (Fsp3) is 0.375. The van der Waals surface area contributed by atoms with Gasteiger partial charge >= 0.3 is 0 Å². The van der Waals surface area contributed by atoms with Crippen molar-refractivity contribution in [1.82, 2.24) is 0 Å². The third-order valence-electron chi connectivity index (χ3n) is 3.45. The lowest BCUT2D eigenvalue weighted by Crippen LogP contribution is -2.22. The van der Waals surface area contributed by atoms with Gasteiger partial charge in [-0.1, -0.05) is 51.1 Å². The largest absolute Gasteiger partial charge is 0.402 e. The maximum atomic E-state index is 6.04. The lowest BCUT2D eigenvalue weighted by Gasteiger charge is -2.34. The molecule has 1 aliphatic rings. The topological polar surface area (TPSA) is 26.0 Å². The Bertz CT molecular complexity index is 464. The summed E-state index contributed by atoms with van der Waals surface area (Å²) in [6, 6.07) is 10.7. The number of nitrogens with two attached hydrogens (primary N) is 1. The zero-order chi connectivity index (χ0) is 12.5. The van der Waals surface area contributed by atoms with Crippen LogP contribution in [0.1, 0.15) is 39.2 Å². The summed E-state index contributed by atoms with van der Waals surface area (Å²) in [5, 5.41) is 0. The number of rotatable bonds is 2. The van der Waals surface area contributed by atoms with Crippen LogP contribution in [0.5, 0.6) is 0 Å². The van der Waals surface area contributed by atoms with E-state index in [2.05, 4.69) is 57.2 Å². The van der Waals surface area contributed by atoms with Crippen LogP contribution >= 0.6 is 0 Å². The van der Waals surface area contributed by atoms with Gasteiger partial charge in [0.05, 0.1) is 0 Å². The van der Waals surface area contributed by atoms with E-state index in [1.165, 1.54) is 16.7 Å². The van der Waals surface area contributed by atoms with Crippen molar-refractivity contribution in [2.45, 2.75) is 33.6 Å². The van der Waals surface area contributed by atoms with Crippen molar-refractivity contribution in [2.24, 2.45) is 11.1 Å². The lowest BCUT2D eigenvalue weighted by atomic mass is 9.71. The molecule has 0 spiro atoms. The Hall–Kier alpha value is -1.50. The Morgan fingerprint density at radius 2 is 1.82 bits per heavy atom. The van der Waals surface area contributed by atoms with Crippen molar-refractivity contribution in [2.75, 3.05) is 0 Å². The molecule has 1 nitrogen and oxygen atoms in total. The van der Waals surface area contributed by atoms with Crippen LogP contribution < -0.4 is 5.73 Å². The lowest BCUT2D eigenvalue weighted by molar-refractivity contribution is 0.484. The van der Waals surface area contributed by atoms with Crippen molar-refractivity contribution in [3.63, 3.8) is 0 Å². The number of benzene rings is 1. The summed E-state index contributed by atoms with van der Waals surface area (Å²) in [4.78, 5) is 0. The molecule has 90 valence electrons. The Kier molecular flexibility index (Phi) is 3.10. The van der Waals surface area contributed by atoms with Crippen LogP contribution in [0.15, 0.2) is 47.7 Å². The Labute approximate surface area is 104 Å². The van der Waals surface area contributed by atoms with Crippen LogP contribution in [0, 0.1) is 5.41 Å². The average molecular weight is 227 g/mol. The predicted molar refractivity (Wildman–Crippen MR) is 74.3 cm³/mol. The summed E-state index contributed by atoms with van der Waals surface area (Å²) in [6.45, 7) is 6.76. The van der Waals surface area contributed by atoms with Gasteiger partial charge in [-0.25, -0.2) is 0 Å². The van der Waals surface area contributed by atoms with Crippen LogP contribution in [0.25, 0.3) is 5.57 Å². The molecule has 0 saturated carbocycles. The van der Waals surface area contributed by atoms with Crippen LogP contribution in [-0.2, 0) is 0 Å². The van der Waals surface area contributed by atoms with Crippen LogP contribution in [-0.4, -0.2) is 0 Å². The second-order valence-electron chi connectivity index (χ2n) is 5.40. The molecule has 17 heavy (non-hydrogen) atoms. The van der Waals surface area contributed by atoms with E-state index in [1.54, 1.807) is 0 Å². The van der Waals surface area contributed by atoms with E-state index < -0.39 is 0 Å². The molecule has 2 N–H and O–H groups in total. The SMILES string of the molecule is CCC1=C(c2ccccc2)C(C)(C)CC(N)=C1. The Balaban J connectivity index is 2.60. The molecule has 1 aliphatic carbocycles. The normalized spacial score (nSPS) is 19.1. The van der Waals surface area contributed by atoms with Crippen molar-refractivity contribution < 1.29 is 0 Å². The molecule has 0 heterocycles. The highest BCUT2D eigenvalue weighted by atomic mass is 14.6. The molecule has 0 fully saturated rings. The van der Waals surface area contributed by atoms with Gasteiger partial charge in [0.1, 0.15) is 0 Å². The van der Waals surface area contributed by atoms with Crippen molar-refractivity contribution in [3.8, 4) is 0 Å². The minimum atomic E-state index is 0.130. The van der Waals surface area contributed by atoms with E-state index in [0.717, 1.165) is 18.5 Å². The monoisotopic (exact) mass is 227 g/mol. The van der Waals surface area contributed by atoms with Gasteiger partial charge in [-0.3, -0.25) is 0 Å². The minimum Gasteiger partial charge on any atom is -0.402 e. The van der Waals surface area contributed by atoms with Crippen LogP contribution in [0.2, 0.25) is 0 Å².